The minimum Gasteiger partial charge on any atom is -0.495 e. The zero-order valence-corrected chi connectivity index (χ0v) is 29.6. The highest BCUT2D eigenvalue weighted by Gasteiger charge is 2.25. The van der Waals surface area contributed by atoms with E-state index in [9.17, 15) is 26.4 Å². The molecule has 1 fully saturated rings. The third-order valence-electron chi connectivity index (χ3n) is 8.43. The van der Waals surface area contributed by atoms with E-state index in [1.165, 1.54) is 48.2 Å². The summed E-state index contributed by atoms with van der Waals surface area (Å²) in [5.41, 5.74) is 1.21. The van der Waals surface area contributed by atoms with Crippen molar-refractivity contribution in [1.29, 1.82) is 0 Å². The molecule has 1 amide bonds. The summed E-state index contributed by atoms with van der Waals surface area (Å²) in [5.74, 6) is -0.357. The first-order chi connectivity index (χ1) is 24.4. The van der Waals surface area contributed by atoms with Gasteiger partial charge in [-0.2, -0.15) is 0 Å². The maximum Gasteiger partial charge on any atom is 0.296 e. The van der Waals surface area contributed by atoms with Crippen molar-refractivity contribution >= 4 is 48.7 Å². The fraction of sp³-hybridized carbons (Fsp3) is 0.200. The third kappa shape index (κ3) is 7.33. The van der Waals surface area contributed by atoms with E-state index >= 15 is 0 Å². The molecule has 0 saturated carbocycles. The van der Waals surface area contributed by atoms with Gasteiger partial charge in [0.15, 0.2) is 0 Å². The molecular weight excluding hydrogens is 697 g/mol. The molecule has 6 rings (SSSR count). The molecule has 1 aromatic heterocycles. The Morgan fingerprint density at radius 1 is 0.784 bits per heavy atom. The number of amides is 1. The Balaban J connectivity index is 1.30. The Kier molecular flexibility index (Phi) is 9.91. The number of hydrogen-bond donors (Lipinski definition) is 3. The van der Waals surface area contributed by atoms with Crippen LogP contribution in [-0.2, 0) is 31.8 Å². The lowest BCUT2D eigenvalue weighted by molar-refractivity contribution is 0.102. The maximum absolute atomic E-state index is 13.7. The van der Waals surface area contributed by atoms with Gasteiger partial charge in [-0.15, -0.1) is 0 Å². The normalized spacial score (nSPS) is 13.4. The number of methoxy groups -OCH3 is 1. The van der Waals surface area contributed by atoms with Crippen molar-refractivity contribution in [2.75, 3.05) is 53.1 Å². The van der Waals surface area contributed by atoms with Gasteiger partial charge >= 0.3 is 0 Å². The minimum atomic E-state index is -4.34. The summed E-state index contributed by atoms with van der Waals surface area (Å²) < 4.78 is 72.8. The SMILES string of the molecule is COc1ccccc1NS(=O)(=O)c1ccc(N2CCOCC2)c(NC(=O)c2cccc(S(=O)(=O)Nc3c(C)n(C)n(-c4ccccc4)c3=O)c2)c1. The van der Waals surface area contributed by atoms with Crippen LogP contribution in [0.4, 0.5) is 22.7 Å². The molecule has 14 nitrogen and oxygen atoms in total. The second-order valence-corrected chi connectivity index (χ2v) is 15.0. The Bertz CT molecular complexity index is 2370. The summed E-state index contributed by atoms with van der Waals surface area (Å²) in [4.78, 5) is 28.7. The molecule has 0 bridgehead atoms. The van der Waals surface area contributed by atoms with Crippen LogP contribution in [0.5, 0.6) is 5.75 Å². The topological polar surface area (TPSA) is 170 Å². The van der Waals surface area contributed by atoms with E-state index in [4.69, 9.17) is 9.47 Å². The van der Waals surface area contributed by atoms with Crippen molar-refractivity contribution in [3.8, 4) is 11.4 Å². The van der Waals surface area contributed by atoms with Crippen LogP contribution >= 0.6 is 0 Å². The molecule has 51 heavy (non-hydrogen) atoms. The van der Waals surface area contributed by atoms with Gasteiger partial charge in [-0.3, -0.25) is 23.7 Å². The number of ether oxygens (including phenoxy) is 2. The predicted molar refractivity (Wildman–Crippen MR) is 194 cm³/mol. The van der Waals surface area contributed by atoms with E-state index in [1.807, 2.05) is 4.90 Å². The van der Waals surface area contributed by atoms with E-state index < -0.39 is 31.5 Å². The number of aromatic nitrogens is 2. The highest BCUT2D eigenvalue weighted by molar-refractivity contribution is 7.93. The molecule has 1 saturated heterocycles. The Morgan fingerprint density at radius 2 is 1.45 bits per heavy atom. The lowest BCUT2D eigenvalue weighted by Crippen LogP contribution is -2.36. The van der Waals surface area contributed by atoms with Crippen molar-refractivity contribution in [1.82, 2.24) is 9.36 Å². The van der Waals surface area contributed by atoms with Crippen molar-refractivity contribution in [3.63, 3.8) is 0 Å². The second-order valence-electron chi connectivity index (χ2n) is 11.6. The molecule has 2 heterocycles. The number of rotatable bonds is 11. The lowest BCUT2D eigenvalue weighted by Gasteiger charge is -2.30. The largest absolute Gasteiger partial charge is 0.495 e. The third-order valence-corrected chi connectivity index (χ3v) is 11.1. The summed E-state index contributed by atoms with van der Waals surface area (Å²) in [6.45, 7) is 3.49. The molecule has 1 aliphatic heterocycles. The molecule has 1 aliphatic rings. The standard InChI is InChI=1S/C35H36N6O8S2/c1-24-33(35(43)41(39(24)2)26-11-5-4-6-12-26)38-51(46,47)27-13-9-10-25(22-27)34(42)36-30-23-28(16-17-31(30)40-18-20-49-21-19-40)50(44,45)37-29-14-7-8-15-32(29)48-3/h4-17,22-23,37-38H,18-21H2,1-3H3,(H,36,42). The summed E-state index contributed by atoms with van der Waals surface area (Å²) in [6, 6.07) is 25.1. The van der Waals surface area contributed by atoms with Gasteiger partial charge in [0.05, 0.1) is 58.6 Å². The molecular formula is C35H36N6O8S2. The minimum absolute atomic E-state index is 0.0160. The average molecular weight is 733 g/mol. The second kappa shape index (κ2) is 14.3. The molecule has 4 aromatic carbocycles. The van der Waals surface area contributed by atoms with E-state index in [0.717, 1.165) is 0 Å². The van der Waals surface area contributed by atoms with Gasteiger partial charge in [-0.1, -0.05) is 36.4 Å². The predicted octanol–water partition coefficient (Wildman–Crippen LogP) is 4.18. The van der Waals surface area contributed by atoms with Crippen LogP contribution in [0.1, 0.15) is 16.1 Å². The molecule has 0 atom stereocenters. The first-order valence-corrected chi connectivity index (χ1v) is 18.8. The quantitative estimate of drug-likeness (QED) is 0.180. The Morgan fingerprint density at radius 3 is 2.18 bits per heavy atom. The van der Waals surface area contributed by atoms with Crippen LogP contribution in [0.25, 0.3) is 5.69 Å². The summed E-state index contributed by atoms with van der Waals surface area (Å²) in [6.07, 6.45) is 0. The van der Waals surface area contributed by atoms with Crippen LogP contribution < -0.4 is 30.0 Å². The van der Waals surface area contributed by atoms with Crippen LogP contribution in [0.2, 0.25) is 0 Å². The highest BCUT2D eigenvalue weighted by Crippen LogP contribution is 2.32. The zero-order valence-electron chi connectivity index (χ0n) is 28.0. The summed E-state index contributed by atoms with van der Waals surface area (Å²) in [5, 5.41) is 2.79. The molecule has 5 aromatic rings. The van der Waals surface area contributed by atoms with Crippen molar-refractivity contribution in [2.24, 2.45) is 7.05 Å². The van der Waals surface area contributed by atoms with Gasteiger partial charge in [0.2, 0.25) is 0 Å². The molecule has 0 spiro atoms. The zero-order chi connectivity index (χ0) is 36.3. The Labute approximate surface area is 295 Å². The summed E-state index contributed by atoms with van der Waals surface area (Å²) in [7, 11) is -5.40. The van der Waals surface area contributed by atoms with Gasteiger partial charge in [0.25, 0.3) is 31.5 Å². The maximum atomic E-state index is 13.7. The first kappa shape index (κ1) is 35.3. The number of benzene rings is 4. The van der Waals surface area contributed by atoms with Gasteiger partial charge in [-0.25, -0.2) is 21.5 Å². The van der Waals surface area contributed by atoms with Gasteiger partial charge in [0.1, 0.15) is 11.4 Å². The lowest BCUT2D eigenvalue weighted by atomic mass is 10.2. The molecule has 0 unspecified atom stereocenters. The van der Waals surface area contributed by atoms with Crippen molar-refractivity contribution in [2.45, 2.75) is 16.7 Å². The van der Waals surface area contributed by atoms with Crippen LogP contribution in [-0.4, -0.2) is 65.5 Å². The number of carbonyl (C=O) groups is 1. The number of hydrogen-bond acceptors (Lipinski definition) is 9. The van der Waals surface area contributed by atoms with E-state index in [0.29, 0.717) is 49.1 Å². The Hall–Kier alpha value is -5.58. The molecule has 266 valence electrons. The summed E-state index contributed by atoms with van der Waals surface area (Å²) >= 11 is 0. The number of para-hydroxylation sites is 3. The highest BCUT2D eigenvalue weighted by atomic mass is 32.2. The number of nitrogens with one attached hydrogen (secondary N) is 3. The van der Waals surface area contributed by atoms with E-state index in [-0.39, 0.29) is 32.4 Å². The van der Waals surface area contributed by atoms with Crippen molar-refractivity contribution in [3.05, 3.63) is 119 Å². The fourth-order valence-electron chi connectivity index (χ4n) is 5.67. The van der Waals surface area contributed by atoms with E-state index in [1.54, 1.807) is 79.3 Å². The smallest absolute Gasteiger partial charge is 0.296 e. The number of anilines is 4. The number of morpholine rings is 1. The van der Waals surface area contributed by atoms with Crippen LogP contribution in [0.3, 0.4) is 0 Å². The molecule has 0 radical (unpaired) electrons. The fourth-order valence-corrected chi connectivity index (χ4v) is 7.93. The molecule has 3 N–H and O–H groups in total. The van der Waals surface area contributed by atoms with Gasteiger partial charge in [-0.05, 0) is 67.6 Å². The van der Waals surface area contributed by atoms with Gasteiger partial charge in [0, 0.05) is 25.7 Å². The number of carbonyl (C=O) groups excluding carboxylic acids is 1. The molecule has 0 aliphatic carbocycles. The van der Waals surface area contributed by atoms with Crippen LogP contribution in [0.15, 0.2) is 112 Å². The van der Waals surface area contributed by atoms with Crippen LogP contribution in [0, 0.1) is 6.92 Å². The van der Waals surface area contributed by atoms with E-state index in [2.05, 4.69) is 14.8 Å². The monoisotopic (exact) mass is 732 g/mol. The first-order valence-electron chi connectivity index (χ1n) is 15.8. The number of sulfonamides is 2. The molecule has 16 heteroatoms. The van der Waals surface area contributed by atoms with Gasteiger partial charge < -0.3 is 19.7 Å². The number of nitrogens with zero attached hydrogens (tertiary/aromatic N) is 3. The average Bonchev–Trinajstić information content (AvgIpc) is 3.34. The van der Waals surface area contributed by atoms with Crippen molar-refractivity contribution < 1.29 is 31.1 Å².